The summed E-state index contributed by atoms with van der Waals surface area (Å²) in [6.45, 7) is 4.10. The molecule has 0 aliphatic carbocycles. The molecule has 2 aliphatic rings. The van der Waals surface area contributed by atoms with Crippen molar-refractivity contribution in [2.45, 2.75) is 25.4 Å². The zero-order valence-electron chi connectivity index (χ0n) is 8.42. The van der Waals surface area contributed by atoms with Crippen LogP contribution >= 0.6 is 0 Å². The highest BCUT2D eigenvalue weighted by Gasteiger charge is 2.30. The third kappa shape index (κ3) is 1.18. The van der Waals surface area contributed by atoms with E-state index in [2.05, 4.69) is 22.4 Å². The minimum Gasteiger partial charge on any atom is -0.360 e. The van der Waals surface area contributed by atoms with E-state index in [0.717, 1.165) is 31.1 Å². The van der Waals surface area contributed by atoms with Gasteiger partial charge < -0.3 is 14.7 Å². The van der Waals surface area contributed by atoms with E-state index in [1.165, 1.54) is 18.5 Å². The Kier molecular flexibility index (Phi) is 1.85. The van der Waals surface area contributed by atoms with Gasteiger partial charge >= 0.3 is 0 Å². The first kappa shape index (κ1) is 8.44. The lowest BCUT2D eigenvalue weighted by Gasteiger charge is -2.07. The van der Waals surface area contributed by atoms with Gasteiger partial charge in [-0.2, -0.15) is 0 Å². The Hall–Kier alpha value is -0.870. The van der Waals surface area contributed by atoms with Gasteiger partial charge in [0, 0.05) is 31.1 Å². The topological polar surface area (TPSA) is 41.3 Å². The summed E-state index contributed by atoms with van der Waals surface area (Å²) in [6, 6.07) is 0. The molecule has 1 aromatic rings. The first-order valence-electron chi connectivity index (χ1n) is 5.21. The van der Waals surface area contributed by atoms with Crippen LogP contribution in [-0.4, -0.2) is 30.2 Å². The molecule has 1 saturated heterocycles. The van der Waals surface area contributed by atoms with Crippen molar-refractivity contribution >= 4 is 0 Å². The number of fused-ring (bicyclic) bond motifs is 1. The Bertz CT molecular complexity index is 347. The minimum absolute atomic E-state index is 0.566. The van der Waals surface area contributed by atoms with Crippen LogP contribution in [0.2, 0.25) is 0 Å². The molecule has 4 nitrogen and oxygen atoms in total. The van der Waals surface area contributed by atoms with E-state index in [1.54, 1.807) is 0 Å². The van der Waals surface area contributed by atoms with Crippen molar-refractivity contribution in [3.05, 3.63) is 17.0 Å². The number of nitrogens with zero attached hydrogens (tertiary/aromatic N) is 2. The molecular formula is C10H15N3O. The molecule has 1 atom stereocenters. The molecule has 0 radical (unpaired) electrons. The lowest BCUT2D eigenvalue weighted by atomic mass is 10.0. The van der Waals surface area contributed by atoms with E-state index < -0.39 is 0 Å². The Morgan fingerprint density at radius 2 is 2.43 bits per heavy atom. The third-order valence-corrected chi connectivity index (χ3v) is 3.26. The van der Waals surface area contributed by atoms with Crippen LogP contribution in [0.3, 0.4) is 0 Å². The highest BCUT2D eigenvalue weighted by molar-refractivity contribution is 5.29. The molecule has 3 rings (SSSR count). The molecule has 0 amide bonds. The Balaban J connectivity index is 1.89. The van der Waals surface area contributed by atoms with Gasteiger partial charge in [0.2, 0.25) is 0 Å². The molecule has 4 heteroatoms. The zero-order chi connectivity index (χ0) is 9.54. The van der Waals surface area contributed by atoms with E-state index in [-0.39, 0.29) is 0 Å². The van der Waals surface area contributed by atoms with Gasteiger partial charge in [0.25, 0.3) is 0 Å². The minimum atomic E-state index is 0.566. The lowest BCUT2D eigenvalue weighted by molar-refractivity contribution is 0.341. The largest absolute Gasteiger partial charge is 0.360 e. The Morgan fingerprint density at radius 1 is 1.50 bits per heavy atom. The molecule has 76 valence electrons. The lowest BCUT2D eigenvalue weighted by Crippen LogP contribution is -2.13. The summed E-state index contributed by atoms with van der Waals surface area (Å²) in [7, 11) is 2.16. The van der Waals surface area contributed by atoms with Crippen LogP contribution in [0.1, 0.15) is 29.4 Å². The second-order valence-electron chi connectivity index (χ2n) is 4.32. The van der Waals surface area contributed by atoms with Crippen LogP contribution < -0.4 is 5.32 Å². The second-order valence-corrected chi connectivity index (χ2v) is 4.32. The van der Waals surface area contributed by atoms with E-state index in [9.17, 15) is 0 Å². The summed E-state index contributed by atoms with van der Waals surface area (Å²) in [5.74, 6) is 1.70. The number of rotatable bonds is 1. The summed E-state index contributed by atoms with van der Waals surface area (Å²) < 4.78 is 5.45. The van der Waals surface area contributed by atoms with Crippen LogP contribution in [0, 0.1) is 0 Å². The summed E-state index contributed by atoms with van der Waals surface area (Å²) >= 11 is 0. The van der Waals surface area contributed by atoms with Crippen LogP contribution in [0.25, 0.3) is 0 Å². The van der Waals surface area contributed by atoms with Crippen LogP contribution in [-0.2, 0) is 13.1 Å². The van der Waals surface area contributed by atoms with Gasteiger partial charge in [-0.05, 0) is 20.0 Å². The van der Waals surface area contributed by atoms with Gasteiger partial charge in [-0.3, -0.25) is 0 Å². The number of hydrogen-bond donors (Lipinski definition) is 1. The van der Waals surface area contributed by atoms with Crippen LogP contribution in [0.5, 0.6) is 0 Å². The smallest absolute Gasteiger partial charge is 0.145 e. The van der Waals surface area contributed by atoms with Crippen molar-refractivity contribution in [1.29, 1.82) is 0 Å². The molecule has 14 heavy (non-hydrogen) atoms. The van der Waals surface area contributed by atoms with E-state index >= 15 is 0 Å². The monoisotopic (exact) mass is 193 g/mol. The summed E-state index contributed by atoms with van der Waals surface area (Å²) in [4.78, 5) is 2.35. The molecule has 0 spiro atoms. The van der Waals surface area contributed by atoms with E-state index in [1.807, 2.05) is 0 Å². The van der Waals surface area contributed by atoms with Crippen LogP contribution in [0.4, 0.5) is 0 Å². The number of likely N-dealkylation sites (N-methyl/N-ethyl adjacent to an activating group) is 1. The first-order chi connectivity index (χ1) is 6.84. The Morgan fingerprint density at radius 3 is 3.21 bits per heavy atom. The summed E-state index contributed by atoms with van der Waals surface area (Å²) in [5, 5.41) is 7.42. The molecule has 1 unspecified atom stereocenters. The van der Waals surface area contributed by atoms with Crippen molar-refractivity contribution < 1.29 is 4.52 Å². The second kappa shape index (κ2) is 3.07. The standard InChI is InChI=1S/C10H15N3O/c1-13-3-2-7(6-13)10-8-4-11-5-9(8)12-14-10/h7,11H,2-6H2,1H3. The summed E-state index contributed by atoms with van der Waals surface area (Å²) in [6.07, 6.45) is 1.21. The molecule has 2 aliphatic heterocycles. The van der Waals surface area contributed by atoms with Gasteiger partial charge in [-0.15, -0.1) is 0 Å². The van der Waals surface area contributed by atoms with Crippen molar-refractivity contribution in [3.63, 3.8) is 0 Å². The van der Waals surface area contributed by atoms with Crippen molar-refractivity contribution in [2.24, 2.45) is 0 Å². The van der Waals surface area contributed by atoms with E-state index in [0.29, 0.717) is 5.92 Å². The van der Waals surface area contributed by atoms with E-state index in [4.69, 9.17) is 4.52 Å². The molecule has 0 bridgehead atoms. The van der Waals surface area contributed by atoms with Crippen molar-refractivity contribution in [3.8, 4) is 0 Å². The maximum absolute atomic E-state index is 5.45. The summed E-state index contributed by atoms with van der Waals surface area (Å²) in [5.41, 5.74) is 2.44. The average Bonchev–Trinajstić information content (AvgIpc) is 2.77. The molecule has 0 aromatic carbocycles. The number of hydrogen-bond acceptors (Lipinski definition) is 4. The zero-order valence-corrected chi connectivity index (χ0v) is 8.42. The first-order valence-corrected chi connectivity index (χ1v) is 5.21. The van der Waals surface area contributed by atoms with Gasteiger partial charge in [0.1, 0.15) is 11.5 Å². The van der Waals surface area contributed by atoms with Crippen molar-refractivity contribution in [2.75, 3.05) is 20.1 Å². The SMILES string of the molecule is CN1CCC(c2onc3c2CNC3)C1. The normalized spacial score (nSPS) is 27.1. The third-order valence-electron chi connectivity index (χ3n) is 3.26. The number of nitrogens with one attached hydrogen (secondary N) is 1. The molecule has 1 aromatic heterocycles. The average molecular weight is 193 g/mol. The molecule has 1 fully saturated rings. The molecule has 0 saturated carbocycles. The van der Waals surface area contributed by atoms with Gasteiger partial charge in [-0.25, -0.2) is 0 Å². The van der Waals surface area contributed by atoms with Gasteiger partial charge in [0.15, 0.2) is 0 Å². The molecular weight excluding hydrogens is 178 g/mol. The number of likely N-dealkylation sites (tertiary alicyclic amines) is 1. The Labute approximate surface area is 83.2 Å². The predicted molar refractivity (Wildman–Crippen MR) is 51.9 cm³/mol. The maximum Gasteiger partial charge on any atom is 0.145 e. The maximum atomic E-state index is 5.45. The molecule has 1 N–H and O–H groups in total. The quantitative estimate of drug-likeness (QED) is 0.712. The van der Waals surface area contributed by atoms with Crippen LogP contribution in [0.15, 0.2) is 4.52 Å². The fourth-order valence-corrected chi connectivity index (χ4v) is 2.46. The number of aromatic nitrogens is 1. The fraction of sp³-hybridized carbons (Fsp3) is 0.700. The highest BCUT2D eigenvalue weighted by atomic mass is 16.5. The predicted octanol–water partition coefficient (Wildman–Crippen LogP) is 0.697. The van der Waals surface area contributed by atoms with Gasteiger partial charge in [0.05, 0.1) is 0 Å². The van der Waals surface area contributed by atoms with Crippen molar-refractivity contribution in [1.82, 2.24) is 15.4 Å². The highest BCUT2D eigenvalue weighted by Crippen LogP contribution is 2.31. The van der Waals surface area contributed by atoms with Gasteiger partial charge in [-0.1, -0.05) is 5.16 Å². The molecule has 3 heterocycles. The fourth-order valence-electron chi connectivity index (χ4n) is 2.46.